The molecule has 4 aromatic carbocycles. The van der Waals surface area contributed by atoms with Gasteiger partial charge in [-0.3, -0.25) is 0 Å². The number of halogens is 1. The lowest BCUT2D eigenvalue weighted by atomic mass is 10.1. The minimum absolute atomic E-state index is 0.0380. The van der Waals surface area contributed by atoms with E-state index in [-0.39, 0.29) is 10.6 Å². The van der Waals surface area contributed by atoms with Crippen molar-refractivity contribution in [2.24, 2.45) is 0 Å². The van der Waals surface area contributed by atoms with Crippen LogP contribution in [0.2, 0.25) is 0 Å². The zero-order chi connectivity index (χ0) is 19.6. The van der Waals surface area contributed by atoms with E-state index in [1.807, 2.05) is 60.7 Å². The molecule has 0 saturated carbocycles. The monoisotopic (exact) mass is 504 g/mol. The molecule has 0 amide bonds. The molecule has 0 heterocycles. The van der Waals surface area contributed by atoms with E-state index < -0.39 is 30.4 Å². The summed E-state index contributed by atoms with van der Waals surface area (Å²) in [6.07, 6.45) is 0. The van der Waals surface area contributed by atoms with E-state index in [0.717, 1.165) is 7.14 Å². The minimum Gasteiger partial charge on any atom is -0.507 e. The number of hydrogen-bond donors (Lipinski definition) is 1. The largest absolute Gasteiger partial charge is 0.507 e. The molecule has 0 aliphatic carbocycles. The summed E-state index contributed by atoms with van der Waals surface area (Å²) in [4.78, 5) is 0.0649. The molecule has 6 heteroatoms. The average Bonchev–Trinajstić information content (AvgIpc) is 2.73. The highest BCUT2D eigenvalue weighted by molar-refractivity contribution is 7.86. The third-order valence-electron chi connectivity index (χ3n) is 4.14. The van der Waals surface area contributed by atoms with Gasteiger partial charge >= 0.3 is 30.4 Å². The molecule has 1 N–H and O–H groups in total. The molecular weight excluding hydrogens is 487 g/mol. The van der Waals surface area contributed by atoms with Crippen LogP contribution in [-0.4, -0.2) is 13.5 Å². The average molecular weight is 504 g/mol. The first-order valence-electron chi connectivity index (χ1n) is 8.52. The summed E-state index contributed by atoms with van der Waals surface area (Å²) in [6.45, 7) is 0. The van der Waals surface area contributed by atoms with Crippen LogP contribution in [0.5, 0.6) is 5.75 Å². The summed E-state index contributed by atoms with van der Waals surface area (Å²) >= 11 is -2.71. The van der Waals surface area contributed by atoms with Crippen molar-refractivity contribution in [2.45, 2.75) is 4.90 Å². The van der Waals surface area contributed by atoms with Crippen LogP contribution in [0, 0.1) is 7.14 Å². The zero-order valence-electron chi connectivity index (χ0n) is 14.7. The molecule has 4 aromatic rings. The van der Waals surface area contributed by atoms with Gasteiger partial charge in [0.25, 0.3) is 0 Å². The van der Waals surface area contributed by atoms with Crippen LogP contribution in [0.25, 0.3) is 10.8 Å². The molecule has 0 unspecified atom stereocenters. The van der Waals surface area contributed by atoms with Gasteiger partial charge in [0.1, 0.15) is 10.6 Å². The SMILES string of the molecule is O=S(=O)(O[I+](c1ccccc1)c1ccccc1)c1cccc2c(O)cccc12. The highest BCUT2D eigenvalue weighted by Crippen LogP contribution is 2.29. The first-order valence-corrected chi connectivity index (χ1v) is 13.0. The van der Waals surface area contributed by atoms with Gasteiger partial charge in [-0.05, 0) is 38.9 Å². The van der Waals surface area contributed by atoms with Gasteiger partial charge in [-0.2, -0.15) is 8.42 Å². The van der Waals surface area contributed by atoms with Crippen LogP contribution >= 0.6 is 0 Å². The van der Waals surface area contributed by atoms with Gasteiger partial charge in [0, 0.05) is 10.8 Å². The van der Waals surface area contributed by atoms with Crippen LogP contribution in [-0.2, 0) is 12.6 Å². The number of phenols is 1. The van der Waals surface area contributed by atoms with Gasteiger partial charge in [0.05, 0.1) is 0 Å². The molecule has 0 aromatic heterocycles. The molecule has 4 nitrogen and oxygen atoms in total. The number of phenolic OH excluding ortho intramolecular Hbond substituents is 1. The molecule has 1 radical (unpaired) electrons. The van der Waals surface area contributed by atoms with Gasteiger partial charge in [-0.25, -0.2) is 0 Å². The van der Waals surface area contributed by atoms with Crippen molar-refractivity contribution in [3.05, 3.63) is 104 Å². The molecule has 0 bridgehead atoms. The van der Waals surface area contributed by atoms with Crippen LogP contribution in [0.15, 0.2) is 102 Å². The highest BCUT2D eigenvalue weighted by atomic mass is 127. The first-order chi connectivity index (χ1) is 13.6. The van der Waals surface area contributed by atoms with Gasteiger partial charge in [-0.1, -0.05) is 60.7 Å². The predicted octanol–water partition coefficient (Wildman–Crippen LogP) is 1.53. The predicted molar refractivity (Wildman–Crippen MR) is 104 cm³/mol. The number of fused-ring (bicyclic) bond motifs is 1. The number of aromatic hydroxyl groups is 1. The maximum Gasteiger partial charge on any atom is 0.336 e. The normalized spacial score (nSPS) is 11.8. The Labute approximate surface area is 171 Å². The maximum atomic E-state index is 13.2. The van der Waals surface area contributed by atoms with Crippen molar-refractivity contribution in [1.29, 1.82) is 0 Å². The lowest BCUT2D eigenvalue weighted by Crippen LogP contribution is -3.85. The lowest BCUT2D eigenvalue weighted by Gasteiger charge is -2.09. The van der Waals surface area contributed by atoms with Crippen molar-refractivity contribution < 1.29 is 36.3 Å². The first kappa shape index (κ1) is 18.9. The van der Waals surface area contributed by atoms with E-state index >= 15 is 0 Å². The van der Waals surface area contributed by atoms with Crippen LogP contribution in [0.4, 0.5) is 0 Å². The van der Waals surface area contributed by atoms with Crippen molar-refractivity contribution in [2.75, 3.05) is 0 Å². The molecule has 0 spiro atoms. The summed E-state index contributed by atoms with van der Waals surface area (Å²) < 4.78 is 34.2. The molecule has 0 fully saturated rings. The van der Waals surface area contributed by atoms with E-state index in [1.54, 1.807) is 24.3 Å². The lowest BCUT2D eigenvalue weighted by molar-refractivity contribution is -1.03. The van der Waals surface area contributed by atoms with Crippen molar-refractivity contribution in [3.63, 3.8) is 0 Å². The Kier molecular flexibility index (Phi) is 5.34. The Balaban J connectivity index is 1.82. The molecule has 28 heavy (non-hydrogen) atoms. The summed E-state index contributed by atoms with van der Waals surface area (Å²) in [5.74, 6) is 0.0380. The fourth-order valence-electron chi connectivity index (χ4n) is 2.86. The second kappa shape index (κ2) is 7.90. The standard InChI is InChI=1S/C22H17IO4S/c24-21-15-7-14-20-19(21)13-8-16-22(20)28(25,26)27-23(17-9-3-1-4-10-17)18-11-5-2-6-12-18/h1-16,24H/q+1. The van der Waals surface area contributed by atoms with Gasteiger partial charge in [0.15, 0.2) is 7.14 Å². The Hall–Kier alpha value is -2.42. The van der Waals surface area contributed by atoms with E-state index in [4.69, 9.17) is 2.51 Å². The molecule has 0 aliphatic rings. The van der Waals surface area contributed by atoms with E-state index in [0.29, 0.717) is 10.8 Å². The molecule has 4 rings (SSSR count). The Morgan fingerprint density at radius 1 is 0.643 bits per heavy atom. The van der Waals surface area contributed by atoms with Gasteiger partial charge in [0.2, 0.25) is 0 Å². The Bertz CT molecular complexity index is 1170. The van der Waals surface area contributed by atoms with Crippen LogP contribution in [0.1, 0.15) is 0 Å². The van der Waals surface area contributed by atoms with Crippen molar-refractivity contribution in [1.82, 2.24) is 0 Å². The Morgan fingerprint density at radius 2 is 1.18 bits per heavy atom. The zero-order valence-corrected chi connectivity index (χ0v) is 17.7. The topological polar surface area (TPSA) is 63.6 Å². The summed E-state index contributed by atoms with van der Waals surface area (Å²) in [7, 11) is -4.04. The van der Waals surface area contributed by atoms with Crippen LogP contribution < -0.4 is 20.2 Å². The third-order valence-corrected chi connectivity index (χ3v) is 11.5. The minimum atomic E-state index is -4.04. The third kappa shape index (κ3) is 3.76. The van der Waals surface area contributed by atoms with Crippen LogP contribution in [0.3, 0.4) is 0 Å². The smallest absolute Gasteiger partial charge is 0.336 e. The van der Waals surface area contributed by atoms with Crippen molar-refractivity contribution >= 4 is 20.9 Å². The number of benzene rings is 4. The van der Waals surface area contributed by atoms with Gasteiger partial charge < -0.3 is 5.11 Å². The molecule has 0 saturated heterocycles. The molecular formula is C22H17IO4S+. The fraction of sp³-hybridized carbons (Fsp3) is 0. The van der Waals surface area contributed by atoms with E-state index in [9.17, 15) is 13.5 Å². The molecule has 0 atom stereocenters. The van der Waals surface area contributed by atoms with Gasteiger partial charge in [-0.15, -0.1) is 0 Å². The second-order valence-corrected chi connectivity index (χ2v) is 12.4. The van der Waals surface area contributed by atoms with Crippen molar-refractivity contribution in [3.8, 4) is 5.75 Å². The van der Waals surface area contributed by atoms with E-state index in [1.165, 1.54) is 12.1 Å². The number of hydrogen-bond acceptors (Lipinski definition) is 4. The Morgan fingerprint density at radius 3 is 1.79 bits per heavy atom. The maximum absolute atomic E-state index is 13.2. The summed E-state index contributed by atoms with van der Waals surface area (Å²) in [5.41, 5.74) is 0. The molecule has 0 aliphatic heterocycles. The summed E-state index contributed by atoms with van der Waals surface area (Å²) in [6, 6.07) is 28.6. The quantitative estimate of drug-likeness (QED) is 0.419. The highest BCUT2D eigenvalue weighted by Gasteiger charge is 2.38. The van der Waals surface area contributed by atoms with E-state index in [2.05, 4.69) is 0 Å². The second-order valence-electron chi connectivity index (χ2n) is 5.99. The fourth-order valence-corrected chi connectivity index (χ4v) is 10.0. The summed E-state index contributed by atoms with van der Waals surface area (Å²) in [5, 5.41) is 11.0. The number of rotatable bonds is 5. The molecule has 141 valence electrons.